The Morgan fingerprint density at radius 3 is 2.83 bits per heavy atom. The van der Waals surface area contributed by atoms with E-state index in [0.29, 0.717) is 42.4 Å². The minimum Gasteiger partial charge on any atom is -0.378 e. The van der Waals surface area contributed by atoms with Gasteiger partial charge in [0.05, 0.1) is 6.10 Å². The van der Waals surface area contributed by atoms with Crippen LogP contribution in [0.4, 0.5) is 0 Å². The average molecular weight is 401 g/mol. The van der Waals surface area contributed by atoms with Gasteiger partial charge in [0.2, 0.25) is 0 Å². The third kappa shape index (κ3) is 6.52. The van der Waals surface area contributed by atoms with E-state index in [9.17, 15) is 0 Å². The first-order chi connectivity index (χ1) is 14.3. The lowest BCUT2D eigenvalue weighted by atomic mass is 9.98. The first-order valence-electron chi connectivity index (χ1n) is 10.6. The topological polar surface area (TPSA) is 97.5 Å². The van der Waals surface area contributed by atoms with Crippen LogP contribution in [-0.4, -0.2) is 53.9 Å². The fraction of sp³-hybridized carbons (Fsp3) is 0.619. The molecule has 2 heterocycles. The maximum Gasteiger partial charge on any atom is 0.276 e. The number of hydrogen-bond donors (Lipinski definition) is 2. The highest BCUT2D eigenvalue weighted by molar-refractivity contribution is 5.79. The first-order valence-corrected chi connectivity index (χ1v) is 10.6. The van der Waals surface area contributed by atoms with Crippen molar-refractivity contribution in [2.24, 2.45) is 10.9 Å². The highest BCUT2D eigenvalue weighted by Crippen LogP contribution is 2.30. The lowest BCUT2D eigenvalue weighted by molar-refractivity contribution is 0.0169. The van der Waals surface area contributed by atoms with Crippen LogP contribution in [0.5, 0.6) is 0 Å². The number of nitrogens with one attached hydrogen (secondary N) is 2. The highest BCUT2D eigenvalue weighted by Gasteiger charge is 2.25. The lowest BCUT2D eigenvalue weighted by Gasteiger charge is -2.24. The summed E-state index contributed by atoms with van der Waals surface area (Å²) in [6, 6.07) is 5.60. The summed E-state index contributed by atoms with van der Waals surface area (Å²) >= 11 is 0. The highest BCUT2D eigenvalue weighted by atomic mass is 16.5. The molecule has 1 aliphatic rings. The summed E-state index contributed by atoms with van der Waals surface area (Å²) < 4.78 is 11.3. The van der Waals surface area contributed by atoms with Gasteiger partial charge in [-0.15, -0.1) is 0 Å². The molecule has 1 unspecified atom stereocenters. The summed E-state index contributed by atoms with van der Waals surface area (Å²) in [6.07, 6.45) is 8.95. The summed E-state index contributed by atoms with van der Waals surface area (Å²) in [5, 5.41) is 10.7. The average Bonchev–Trinajstić information content (AvgIpc) is 3.45. The molecule has 0 aliphatic heterocycles. The zero-order valence-corrected chi connectivity index (χ0v) is 17.4. The van der Waals surface area contributed by atoms with Crippen molar-refractivity contribution in [3.8, 4) is 11.6 Å². The molecule has 1 atom stereocenters. The molecular weight excluding hydrogens is 368 g/mol. The molecule has 2 aromatic heterocycles. The Labute approximate surface area is 172 Å². The van der Waals surface area contributed by atoms with Crippen LogP contribution in [0.15, 0.2) is 33.9 Å². The molecule has 1 saturated carbocycles. The van der Waals surface area contributed by atoms with Crippen LogP contribution >= 0.6 is 0 Å². The summed E-state index contributed by atoms with van der Waals surface area (Å²) in [7, 11) is 1.78. The van der Waals surface area contributed by atoms with Crippen molar-refractivity contribution in [2.45, 2.75) is 51.6 Å². The van der Waals surface area contributed by atoms with Gasteiger partial charge >= 0.3 is 0 Å². The Hall–Kier alpha value is -2.48. The Balaban J connectivity index is 1.38. The minimum absolute atomic E-state index is 0.345. The van der Waals surface area contributed by atoms with E-state index in [4.69, 9.17) is 9.26 Å². The van der Waals surface area contributed by atoms with Crippen LogP contribution in [0.1, 0.15) is 44.9 Å². The van der Waals surface area contributed by atoms with E-state index >= 15 is 0 Å². The Morgan fingerprint density at radius 1 is 1.28 bits per heavy atom. The van der Waals surface area contributed by atoms with E-state index in [-0.39, 0.29) is 0 Å². The van der Waals surface area contributed by atoms with Crippen LogP contribution in [0.3, 0.4) is 0 Å². The predicted molar refractivity (Wildman–Crippen MR) is 113 cm³/mol. The Bertz CT molecular complexity index is 743. The van der Waals surface area contributed by atoms with Gasteiger partial charge < -0.3 is 19.9 Å². The Kier molecular flexibility index (Phi) is 8.42. The van der Waals surface area contributed by atoms with E-state index in [1.807, 2.05) is 18.2 Å². The van der Waals surface area contributed by atoms with Crippen LogP contribution < -0.4 is 10.6 Å². The molecule has 2 N–H and O–H groups in total. The fourth-order valence-electron chi connectivity index (χ4n) is 3.79. The number of hydrogen-bond acceptors (Lipinski definition) is 6. The summed E-state index contributed by atoms with van der Waals surface area (Å²) in [5.74, 6) is 2.57. The van der Waals surface area contributed by atoms with Gasteiger partial charge in [0.1, 0.15) is 5.69 Å². The van der Waals surface area contributed by atoms with E-state index < -0.39 is 0 Å². The normalized spacial score (nSPS) is 16.1. The molecule has 1 aliphatic carbocycles. The molecule has 1 fully saturated rings. The molecule has 0 spiro atoms. The van der Waals surface area contributed by atoms with Crippen molar-refractivity contribution in [1.29, 1.82) is 0 Å². The smallest absolute Gasteiger partial charge is 0.276 e. The molecule has 3 rings (SSSR count). The van der Waals surface area contributed by atoms with Crippen molar-refractivity contribution < 1.29 is 9.26 Å². The van der Waals surface area contributed by atoms with Crippen molar-refractivity contribution in [3.63, 3.8) is 0 Å². The van der Waals surface area contributed by atoms with Crippen LogP contribution in [0, 0.1) is 5.92 Å². The van der Waals surface area contributed by atoms with Gasteiger partial charge in [-0.1, -0.05) is 24.1 Å². The van der Waals surface area contributed by atoms with Crippen molar-refractivity contribution in [2.75, 3.05) is 26.7 Å². The second-order valence-electron chi connectivity index (χ2n) is 7.23. The number of rotatable bonds is 10. The van der Waals surface area contributed by atoms with Crippen molar-refractivity contribution in [1.82, 2.24) is 25.8 Å². The maximum atomic E-state index is 5.99. The number of pyridine rings is 1. The zero-order chi connectivity index (χ0) is 20.3. The summed E-state index contributed by atoms with van der Waals surface area (Å²) in [6.45, 7) is 4.36. The Morgan fingerprint density at radius 2 is 2.10 bits per heavy atom. The lowest BCUT2D eigenvalue weighted by Crippen LogP contribution is -2.40. The summed E-state index contributed by atoms with van der Waals surface area (Å²) in [4.78, 5) is 12.9. The number of guanidine groups is 1. The molecule has 0 radical (unpaired) electrons. The molecule has 158 valence electrons. The third-order valence-corrected chi connectivity index (χ3v) is 5.24. The molecule has 8 heteroatoms. The van der Waals surface area contributed by atoms with Gasteiger partial charge in [0.25, 0.3) is 5.89 Å². The number of nitrogens with zero attached hydrogens (tertiary/aromatic N) is 4. The van der Waals surface area contributed by atoms with Crippen LogP contribution in [0.2, 0.25) is 0 Å². The SMILES string of the molecule is CCOC(CCNC(=NC)NCCc1noc(-c2ccccn2)n1)C1CCCC1. The summed E-state index contributed by atoms with van der Waals surface area (Å²) in [5.41, 5.74) is 0.683. The second-order valence-corrected chi connectivity index (χ2v) is 7.23. The largest absolute Gasteiger partial charge is 0.378 e. The molecule has 29 heavy (non-hydrogen) atoms. The molecule has 0 saturated heterocycles. The van der Waals surface area contributed by atoms with Gasteiger partial charge in [-0.3, -0.25) is 9.98 Å². The quantitative estimate of drug-likeness (QED) is 0.467. The number of aliphatic imine (C=N–C) groups is 1. The van der Waals surface area contributed by atoms with Gasteiger partial charge in [0, 0.05) is 39.4 Å². The predicted octanol–water partition coefficient (Wildman–Crippen LogP) is 2.82. The standard InChI is InChI=1S/C21H32N6O2/c1-3-28-18(16-8-4-5-9-16)11-14-24-21(22-2)25-15-12-19-26-20(29-27-19)17-10-6-7-13-23-17/h6-7,10,13,16,18H,3-5,8-9,11-12,14-15H2,1-2H3,(H2,22,24,25). The maximum absolute atomic E-state index is 5.99. The first kappa shape index (κ1) is 21.2. The van der Waals surface area contributed by atoms with Gasteiger partial charge in [-0.05, 0) is 44.2 Å². The van der Waals surface area contributed by atoms with Crippen LogP contribution in [0.25, 0.3) is 11.6 Å². The number of ether oxygens (including phenoxy) is 1. The van der Waals surface area contributed by atoms with E-state index in [0.717, 1.165) is 25.5 Å². The molecule has 0 aromatic carbocycles. The number of aromatic nitrogens is 3. The van der Waals surface area contributed by atoms with Gasteiger partial charge in [0.15, 0.2) is 11.8 Å². The molecule has 2 aromatic rings. The zero-order valence-electron chi connectivity index (χ0n) is 17.4. The fourth-order valence-corrected chi connectivity index (χ4v) is 3.79. The molecular formula is C21H32N6O2. The third-order valence-electron chi connectivity index (χ3n) is 5.24. The van der Waals surface area contributed by atoms with E-state index in [2.05, 4.69) is 37.7 Å². The monoisotopic (exact) mass is 400 g/mol. The van der Waals surface area contributed by atoms with E-state index in [1.165, 1.54) is 25.7 Å². The van der Waals surface area contributed by atoms with Gasteiger partial charge in [-0.25, -0.2) is 0 Å². The van der Waals surface area contributed by atoms with E-state index in [1.54, 1.807) is 13.2 Å². The van der Waals surface area contributed by atoms with Crippen molar-refractivity contribution in [3.05, 3.63) is 30.2 Å². The second kappa shape index (κ2) is 11.5. The minimum atomic E-state index is 0.345. The molecule has 8 nitrogen and oxygen atoms in total. The molecule has 0 bridgehead atoms. The van der Waals surface area contributed by atoms with Gasteiger partial charge in [-0.2, -0.15) is 4.98 Å². The van der Waals surface area contributed by atoms with Crippen molar-refractivity contribution >= 4 is 5.96 Å². The molecule has 0 amide bonds. The van der Waals surface area contributed by atoms with Crippen LogP contribution in [-0.2, 0) is 11.2 Å².